The second kappa shape index (κ2) is 8.05. The van der Waals surface area contributed by atoms with Crippen LogP contribution in [0.15, 0.2) is 22.8 Å². The number of nitrogens with zero attached hydrogens (tertiary/aromatic N) is 1. The zero-order chi connectivity index (χ0) is 15.8. The summed E-state index contributed by atoms with van der Waals surface area (Å²) >= 11 is 0. The Hall–Kier alpha value is -2.35. The Balaban J connectivity index is 2.51. The number of amides is 2. The van der Waals surface area contributed by atoms with Gasteiger partial charge in [-0.2, -0.15) is 0 Å². The summed E-state index contributed by atoms with van der Waals surface area (Å²) in [6.45, 7) is -0.0608. The maximum absolute atomic E-state index is 11.8. The molecule has 2 N–H and O–H groups in total. The maximum Gasteiger partial charge on any atom is 0.326 e. The van der Waals surface area contributed by atoms with E-state index in [4.69, 9.17) is 14.3 Å². The Morgan fingerprint density at radius 1 is 1.48 bits per heavy atom. The Bertz CT molecular complexity index is 485. The predicted octanol–water partition coefficient (Wildman–Crippen LogP) is -0.0425. The lowest BCUT2D eigenvalue weighted by Gasteiger charge is -2.18. The molecule has 0 fully saturated rings. The first-order valence-electron chi connectivity index (χ1n) is 6.25. The summed E-state index contributed by atoms with van der Waals surface area (Å²) in [6, 6.07) is 1.99. The Labute approximate surface area is 121 Å². The molecule has 21 heavy (non-hydrogen) atoms. The summed E-state index contributed by atoms with van der Waals surface area (Å²) in [5.41, 5.74) is 0. The third-order valence-corrected chi connectivity index (χ3v) is 2.70. The van der Waals surface area contributed by atoms with Crippen molar-refractivity contribution in [1.29, 1.82) is 0 Å². The summed E-state index contributed by atoms with van der Waals surface area (Å²) in [4.78, 5) is 35.7. The van der Waals surface area contributed by atoms with Gasteiger partial charge in [-0.3, -0.25) is 9.59 Å². The lowest BCUT2D eigenvalue weighted by molar-refractivity contribution is -0.142. The molecule has 0 aliphatic rings. The fourth-order valence-corrected chi connectivity index (χ4v) is 1.61. The van der Waals surface area contributed by atoms with Crippen LogP contribution in [0, 0.1) is 0 Å². The van der Waals surface area contributed by atoms with Gasteiger partial charge in [0.25, 0.3) is 5.91 Å². The molecule has 0 aliphatic carbocycles. The van der Waals surface area contributed by atoms with E-state index in [9.17, 15) is 14.4 Å². The number of hydrogen-bond donors (Lipinski definition) is 2. The van der Waals surface area contributed by atoms with Crippen molar-refractivity contribution in [2.24, 2.45) is 0 Å². The molecule has 0 saturated carbocycles. The highest BCUT2D eigenvalue weighted by Crippen LogP contribution is 2.04. The summed E-state index contributed by atoms with van der Waals surface area (Å²) in [7, 11) is 2.87. The maximum atomic E-state index is 11.8. The van der Waals surface area contributed by atoms with Crippen molar-refractivity contribution in [1.82, 2.24) is 10.2 Å². The lowest BCUT2D eigenvalue weighted by atomic mass is 10.2. The van der Waals surface area contributed by atoms with Crippen molar-refractivity contribution < 1.29 is 28.6 Å². The third-order valence-electron chi connectivity index (χ3n) is 2.70. The van der Waals surface area contributed by atoms with E-state index in [0.717, 1.165) is 4.90 Å². The number of carboxylic acid groups (broad SMARTS) is 1. The number of carbonyl (C=O) groups excluding carboxylic acids is 2. The van der Waals surface area contributed by atoms with Crippen LogP contribution in [0.4, 0.5) is 0 Å². The van der Waals surface area contributed by atoms with Gasteiger partial charge in [0.2, 0.25) is 5.91 Å². The van der Waals surface area contributed by atoms with Crippen LogP contribution >= 0.6 is 0 Å². The summed E-state index contributed by atoms with van der Waals surface area (Å²) in [5, 5.41) is 11.3. The van der Waals surface area contributed by atoms with Crippen molar-refractivity contribution in [3.05, 3.63) is 24.2 Å². The zero-order valence-electron chi connectivity index (χ0n) is 11.9. The molecular weight excluding hydrogens is 280 g/mol. The van der Waals surface area contributed by atoms with Crippen molar-refractivity contribution >= 4 is 17.8 Å². The van der Waals surface area contributed by atoms with E-state index in [0.29, 0.717) is 0 Å². The molecule has 116 valence electrons. The molecule has 0 spiro atoms. The summed E-state index contributed by atoms with van der Waals surface area (Å²) in [6.07, 6.45) is 1.50. The van der Waals surface area contributed by atoms with Crippen LogP contribution in [-0.2, 0) is 14.3 Å². The van der Waals surface area contributed by atoms with E-state index in [1.54, 1.807) is 6.07 Å². The van der Waals surface area contributed by atoms with Gasteiger partial charge in [0.1, 0.15) is 6.04 Å². The van der Waals surface area contributed by atoms with Crippen molar-refractivity contribution in [3.8, 4) is 0 Å². The average molecular weight is 298 g/mol. The Morgan fingerprint density at radius 2 is 2.19 bits per heavy atom. The van der Waals surface area contributed by atoms with Crippen LogP contribution in [0.5, 0.6) is 0 Å². The second-order valence-electron chi connectivity index (χ2n) is 4.38. The molecule has 8 heteroatoms. The van der Waals surface area contributed by atoms with Gasteiger partial charge >= 0.3 is 5.97 Å². The normalized spacial score (nSPS) is 11.7. The number of likely N-dealkylation sites (N-methyl/N-ethyl adjacent to an activating group) is 1. The van der Waals surface area contributed by atoms with Gasteiger partial charge in [-0.15, -0.1) is 0 Å². The molecule has 0 saturated heterocycles. The number of nitrogens with one attached hydrogen (secondary N) is 1. The van der Waals surface area contributed by atoms with E-state index in [-0.39, 0.29) is 25.3 Å². The molecule has 1 unspecified atom stereocenters. The van der Waals surface area contributed by atoms with E-state index in [2.05, 4.69) is 5.32 Å². The average Bonchev–Trinajstić information content (AvgIpc) is 2.96. The SMILES string of the molecule is COCCC(NC(=O)CN(C)C(=O)c1ccco1)C(=O)O. The molecule has 0 radical (unpaired) electrons. The highest BCUT2D eigenvalue weighted by molar-refractivity contribution is 5.94. The minimum absolute atomic E-state index is 0.111. The Morgan fingerprint density at radius 3 is 2.71 bits per heavy atom. The number of ether oxygens (including phenoxy) is 1. The Kier molecular flexibility index (Phi) is 6.41. The summed E-state index contributed by atoms with van der Waals surface area (Å²) < 4.78 is 9.72. The van der Waals surface area contributed by atoms with Crippen LogP contribution in [0.1, 0.15) is 17.0 Å². The number of carboxylic acids is 1. The minimum atomic E-state index is -1.15. The molecule has 0 aromatic carbocycles. The smallest absolute Gasteiger partial charge is 0.326 e. The third kappa shape index (κ3) is 5.27. The molecule has 0 aliphatic heterocycles. The first kappa shape index (κ1) is 16.7. The quantitative estimate of drug-likeness (QED) is 0.697. The first-order chi connectivity index (χ1) is 9.95. The fourth-order valence-electron chi connectivity index (χ4n) is 1.61. The number of hydrogen-bond acceptors (Lipinski definition) is 5. The molecule has 1 rings (SSSR count). The molecule has 2 amide bonds. The standard InChI is InChI=1S/C13H18N2O6/c1-15(12(17)10-4-3-6-21-10)8-11(16)14-9(13(18)19)5-7-20-2/h3-4,6,9H,5,7-8H2,1-2H3,(H,14,16)(H,18,19). The monoisotopic (exact) mass is 298 g/mol. The largest absolute Gasteiger partial charge is 0.480 e. The first-order valence-corrected chi connectivity index (χ1v) is 6.25. The molecule has 1 atom stereocenters. The second-order valence-corrected chi connectivity index (χ2v) is 4.38. The number of carbonyl (C=O) groups is 3. The van der Waals surface area contributed by atoms with Crippen LogP contribution in [0.25, 0.3) is 0 Å². The van der Waals surface area contributed by atoms with Gasteiger partial charge in [-0.1, -0.05) is 0 Å². The van der Waals surface area contributed by atoms with Crippen molar-refractivity contribution in [3.63, 3.8) is 0 Å². The number of aliphatic carboxylic acids is 1. The predicted molar refractivity (Wildman–Crippen MR) is 71.7 cm³/mol. The number of furan rings is 1. The van der Waals surface area contributed by atoms with E-state index >= 15 is 0 Å². The topological polar surface area (TPSA) is 109 Å². The van der Waals surface area contributed by atoms with Crippen LogP contribution < -0.4 is 5.32 Å². The van der Waals surface area contributed by atoms with E-state index in [1.165, 1.54) is 26.5 Å². The van der Waals surface area contributed by atoms with Gasteiger partial charge in [0.05, 0.1) is 12.8 Å². The number of rotatable bonds is 8. The molecular formula is C13H18N2O6. The molecule has 0 bridgehead atoms. The van der Waals surface area contributed by atoms with Crippen LogP contribution in [-0.4, -0.2) is 61.1 Å². The molecule has 1 aromatic heterocycles. The van der Waals surface area contributed by atoms with Gasteiger partial charge in [-0.05, 0) is 12.1 Å². The zero-order valence-corrected chi connectivity index (χ0v) is 11.9. The summed E-state index contributed by atoms with van der Waals surface area (Å²) in [5.74, 6) is -2.07. The fraction of sp³-hybridized carbons (Fsp3) is 0.462. The highest BCUT2D eigenvalue weighted by Gasteiger charge is 2.22. The minimum Gasteiger partial charge on any atom is -0.480 e. The van der Waals surface area contributed by atoms with E-state index in [1.807, 2.05) is 0 Å². The van der Waals surface area contributed by atoms with Gasteiger partial charge in [0.15, 0.2) is 5.76 Å². The van der Waals surface area contributed by atoms with Gasteiger partial charge < -0.3 is 24.5 Å². The van der Waals surface area contributed by atoms with Crippen molar-refractivity contribution in [2.75, 3.05) is 27.3 Å². The van der Waals surface area contributed by atoms with Gasteiger partial charge in [0, 0.05) is 27.2 Å². The molecule has 1 heterocycles. The highest BCUT2D eigenvalue weighted by atomic mass is 16.5. The van der Waals surface area contributed by atoms with Crippen molar-refractivity contribution in [2.45, 2.75) is 12.5 Å². The van der Waals surface area contributed by atoms with Gasteiger partial charge in [-0.25, -0.2) is 4.79 Å². The number of methoxy groups -OCH3 is 1. The van der Waals surface area contributed by atoms with E-state index < -0.39 is 23.8 Å². The molecule has 8 nitrogen and oxygen atoms in total. The van der Waals surface area contributed by atoms with Crippen LogP contribution in [0.3, 0.4) is 0 Å². The molecule has 1 aromatic rings. The lowest BCUT2D eigenvalue weighted by Crippen LogP contribution is -2.46. The van der Waals surface area contributed by atoms with Crippen LogP contribution in [0.2, 0.25) is 0 Å².